The normalized spacial score (nSPS) is 15.8. The Morgan fingerprint density at radius 1 is 1.03 bits per heavy atom. The van der Waals surface area contributed by atoms with Gasteiger partial charge in [-0.05, 0) is 74.4 Å². The summed E-state index contributed by atoms with van der Waals surface area (Å²) in [5, 5.41) is 5.75. The van der Waals surface area contributed by atoms with Gasteiger partial charge in [0.15, 0.2) is 0 Å². The van der Waals surface area contributed by atoms with Gasteiger partial charge in [-0.3, -0.25) is 0 Å². The van der Waals surface area contributed by atoms with E-state index in [2.05, 4.69) is 10.6 Å². The minimum Gasteiger partial charge on any atom is -0.338 e. The van der Waals surface area contributed by atoms with Crippen LogP contribution in [0, 0.1) is 19.8 Å². The first-order valence-corrected chi connectivity index (χ1v) is 11.5. The van der Waals surface area contributed by atoms with Crippen molar-refractivity contribution in [2.75, 3.05) is 25.0 Å². The van der Waals surface area contributed by atoms with Crippen molar-refractivity contribution in [3.05, 3.63) is 59.7 Å². The maximum atomic E-state index is 12.7. The highest BCUT2D eigenvalue weighted by Gasteiger charge is 2.29. The Hall–Kier alpha value is -2.38. The van der Waals surface area contributed by atoms with Gasteiger partial charge in [-0.1, -0.05) is 24.3 Å². The van der Waals surface area contributed by atoms with Gasteiger partial charge in [0.1, 0.15) is 0 Å². The van der Waals surface area contributed by atoms with Crippen LogP contribution >= 0.6 is 0 Å². The van der Waals surface area contributed by atoms with Crippen molar-refractivity contribution in [1.29, 1.82) is 0 Å². The summed E-state index contributed by atoms with van der Waals surface area (Å²) >= 11 is 0. The number of hydrogen-bond acceptors (Lipinski definition) is 3. The molecule has 29 heavy (non-hydrogen) atoms. The van der Waals surface area contributed by atoms with Gasteiger partial charge in [-0.15, -0.1) is 0 Å². The monoisotopic (exact) mass is 415 g/mol. The first-order valence-electron chi connectivity index (χ1n) is 10.0. The van der Waals surface area contributed by atoms with E-state index in [-0.39, 0.29) is 6.03 Å². The van der Waals surface area contributed by atoms with Crippen LogP contribution in [0.4, 0.5) is 10.5 Å². The lowest BCUT2D eigenvalue weighted by atomic mass is 9.95. The van der Waals surface area contributed by atoms with Gasteiger partial charge in [-0.2, -0.15) is 4.31 Å². The summed E-state index contributed by atoms with van der Waals surface area (Å²) in [7, 11) is -3.41. The van der Waals surface area contributed by atoms with Gasteiger partial charge in [0.05, 0.1) is 4.90 Å². The molecule has 2 aromatic carbocycles. The molecular weight excluding hydrogens is 386 g/mol. The Balaban J connectivity index is 1.41. The van der Waals surface area contributed by atoms with Crippen molar-refractivity contribution >= 4 is 21.7 Å². The van der Waals surface area contributed by atoms with Crippen molar-refractivity contribution < 1.29 is 13.2 Å². The van der Waals surface area contributed by atoms with E-state index < -0.39 is 10.0 Å². The molecule has 2 amide bonds. The molecule has 0 unspecified atom stereocenters. The average Bonchev–Trinajstić information content (AvgIpc) is 2.72. The molecule has 0 radical (unpaired) electrons. The zero-order valence-corrected chi connectivity index (χ0v) is 17.8. The Kier molecular flexibility index (Phi) is 6.92. The number of sulfonamides is 1. The van der Waals surface area contributed by atoms with E-state index in [0.29, 0.717) is 30.4 Å². The van der Waals surface area contributed by atoms with Crippen molar-refractivity contribution in [3.63, 3.8) is 0 Å². The molecule has 1 aliphatic heterocycles. The summed E-state index contributed by atoms with van der Waals surface area (Å²) in [6.07, 6.45) is 2.47. The molecule has 0 saturated carbocycles. The smallest absolute Gasteiger partial charge is 0.319 e. The number of hydrogen-bond donors (Lipinski definition) is 2. The molecule has 1 fully saturated rings. The highest BCUT2D eigenvalue weighted by Crippen LogP contribution is 2.25. The van der Waals surface area contributed by atoms with Crippen LogP contribution in [-0.4, -0.2) is 38.4 Å². The maximum Gasteiger partial charge on any atom is 0.319 e. The van der Waals surface area contributed by atoms with Gasteiger partial charge in [0.25, 0.3) is 0 Å². The quantitative estimate of drug-likeness (QED) is 0.751. The predicted molar refractivity (Wildman–Crippen MR) is 115 cm³/mol. The molecule has 0 aliphatic carbocycles. The minimum absolute atomic E-state index is 0.211. The largest absolute Gasteiger partial charge is 0.338 e. The SMILES string of the molecule is Cc1ccc(NC(=O)NCCC2CCN(S(=O)(=O)c3ccccc3)CC2)cc1C. The Labute approximate surface area is 173 Å². The van der Waals surface area contributed by atoms with Gasteiger partial charge in [0, 0.05) is 25.3 Å². The Morgan fingerprint density at radius 3 is 2.38 bits per heavy atom. The number of amides is 2. The van der Waals surface area contributed by atoms with Crippen LogP contribution in [0.5, 0.6) is 0 Å². The second-order valence-corrected chi connectivity index (χ2v) is 9.57. The number of urea groups is 1. The molecule has 1 heterocycles. The van der Waals surface area contributed by atoms with Crippen LogP contribution in [0.2, 0.25) is 0 Å². The van der Waals surface area contributed by atoms with Crippen molar-refractivity contribution in [2.24, 2.45) is 5.92 Å². The van der Waals surface area contributed by atoms with Crippen molar-refractivity contribution in [3.8, 4) is 0 Å². The third-order valence-corrected chi connectivity index (χ3v) is 7.47. The molecule has 0 bridgehead atoms. The maximum absolute atomic E-state index is 12.7. The van der Waals surface area contributed by atoms with E-state index in [9.17, 15) is 13.2 Å². The summed E-state index contributed by atoms with van der Waals surface area (Å²) in [6, 6.07) is 14.2. The summed E-state index contributed by atoms with van der Waals surface area (Å²) < 4.78 is 26.9. The average molecular weight is 416 g/mol. The van der Waals surface area contributed by atoms with Gasteiger partial charge in [0.2, 0.25) is 10.0 Å². The van der Waals surface area contributed by atoms with E-state index in [0.717, 1.165) is 30.5 Å². The van der Waals surface area contributed by atoms with Gasteiger partial charge >= 0.3 is 6.03 Å². The van der Waals surface area contributed by atoms with Crippen LogP contribution in [0.1, 0.15) is 30.4 Å². The third kappa shape index (κ3) is 5.58. The van der Waals surface area contributed by atoms with Crippen LogP contribution in [0.3, 0.4) is 0 Å². The second kappa shape index (κ2) is 9.41. The highest BCUT2D eigenvalue weighted by molar-refractivity contribution is 7.89. The topological polar surface area (TPSA) is 78.5 Å². The molecular formula is C22H29N3O3S. The third-order valence-electron chi connectivity index (χ3n) is 5.56. The van der Waals surface area contributed by atoms with Crippen molar-refractivity contribution in [2.45, 2.75) is 38.0 Å². The molecule has 0 aromatic heterocycles. The van der Waals surface area contributed by atoms with Crippen LogP contribution < -0.4 is 10.6 Å². The molecule has 156 valence electrons. The van der Waals surface area contributed by atoms with E-state index >= 15 is 0 Å². The fraction of sp³-hybridized carbons (Fsp3) is 0.409. The fourth-order valence-electron chi connectivity index (χ4n) is 3.56. The first-order chi connectivity index (χ1) is 13.9. The van der Waals surface area contributed by atoms with Crippen molar-refractivity contribution in [1.82, 2.24) is 9.62 Å². The molecule has 2 N–H and O–H groups in total. The van der Waals surface area contributed by atoms with Gasteiger partial charge in [-0.25, -0.2) is 13.2 Å². The first kappa shape index (κ1) is 21.3. The van der Waals surface area contributed by atoms with E-state index in [1.54, 1.807) is 28.6 Å². The molecule has 0 atom stereocenters. The number of carbonyl (C=O) groups excluding carboxylic acids is 1. The molecule has 3 rings (SSSR count). The summed E-state index contributed by atoms with van der Waals surface area (Å²) in [5.41, 5.74) is 3.11. The molecule has 1 aliphatic rings. The molecule has 7 heteroatoms. The summed E-state index contributed by atoms with van der Waals surface area (Å²) in [5.74, 6) is 0.416. The molecule has 6 nitrogen and oxygen atoms in total. The highest BCUT2D eigenvalue weighted by atomic mass is 32.2. The number of carbonyl (C=O) groups is 1. The lowest BCUT2D eigenvalue weighted by molar-refractivity contribution is 0.245. The number of piperidine rings is 1. The summed E-state index contributed by atoms with van der Waals surface area (Å²) in [6.45, 7) is 5.68. The Bertz CT molecular complexity index is 937. The van der Waals surface area contributed by atoms with Crippen LogP contribution in [0.25, 0.3) is 0 Å². The zero-order chi connectivity index (χ0) is 20.9. The second-order valence-electron chi connectivity index (χ2n) is 7.63. The number of nitrogens with one attached hydrogen (secondary N) is 2. The zero-order valence-electron chi connectivity index (χ0n) is 17.0. The number of benzene rings is 2. The van der Waals surface area contributed by atoms with E-state index in [1.165, 1.54) is 5.56 Å². The number of rotatable bonds is 6. The number of nitrogens with zero attached hydrogens (tertiary/aromatic N) is 1. The summed E-state index contributed by atoms with van der Waals surface area (Å²) in [4.78, 5) is 12.4. The lowest BCUT2D eigenvalue weighted by Crippen LogP contribution is -2.39. The fourth-order valence-corrected chi connectivity index (χ4v) is 5.05. The lowest BCUT2D eigenvalue weighted by Gasteiger charge is -2.31. The Morgan fingerprint density at radius 2 is 1.72 bits per heavy atom. The van der Waals surface area contributed by atoms with E-state index in [1.807, 2.05) is 38.1 Å². The standard InChI is InChI=1S/C22H29N3O3S/c1-17-8-9-20(16-18(17)2)24-22(26)23-13-10-19-11-14-25(15-12-19)29(27,28)21-6-4-3-5-7-21/h3-9,16,19H,10-15H2,1-2H3,(H2,23,24,26). The van der Waals surface area contributed by atoms with Crippen LogP contribution in [0.15, 0.2) is 53.4 Å². The number of aryl methyl sites for hydroxylation is 2. The molecule has 0 spiro atoms. The number of anilines is 1. The minimum atomic E-state index is -3.41. The molecule has 2 aromatic rings. The molecule has 1 saturated heterocycles. The predicted octanol–water partition coefficient (Wildman–Crippen LogP) is 3.92. The van der Waals surface area contributed by atoms with Gasteiger partial charge < -0.3 is 10.6 Å². The van der Waals surface area contributed by atoms with E-state index in [4.69, 9.17) is 0 Å². The van der Waals surface area contributed by atoms with Crippen LogP contribution in [-0.2, 0) is 10.0 Å².